The molecule has 0 spiro atoms. The van der Waals surface area contributed by atoms with Crippen molar-refractivity contribution in [3.8, 4) is 0 Å². The number of hydrogen-bond donors (Lipinski definition) is 0. The van der Waals surface area contributed by atoms with Crippen LogP contribution in [0.15, 0.2) is 0 Å². The van der Waals surface area contributed by atoms with E-state index in [-0.39, 0.29) is 0 Å². The second-order valence-electron chi connectivity index (χ2n) is 3.64. The van der Waals surface area contributed by atoms with Gasteiger partial charge < -0.3 is 0 Å². The van der Waals surface area contributed by atoms with Crippen molar-refractivity contribution in [3.05, 3.63) is 0 Å². The van der Waals surface area contributed by atoms with Gasteiger partial charge in [0, 0.05) is 0 Å². The normalized spacial score (nSPS) is 38.9. The van der Waals surface area contributed by atoms with Crippen molar-refractivity contribution in [2.24, 2.45) is 0 Å². The predicted molar refractivity (Wildman–Crippen MR) is 61.1 cm³/mol. The molecule has 0 aromatic heterocycles. The van der Waals surface area contributed by atoms with Gasteiger partial charge in [-0.1, -0.05) is 0 Å². The number of hydrogen-bond acceptors (Lipinski definition) is 0. The second kappa shape index (κ2) is 3.87. The van der Waals surface area contributed by atoms with Gasteiger partial charge >= 0.3 is 83.0 Å². The van der Waals surface area contributed by atoms with Crippen LogP contribution in [0.1, 0.15) is 33.1 Å². The van der Waals surface area contributed by atoms with Crippen LogP contribution < -0.4 is 0 Å². The van der Waals surface area contributed by atoms with Crippen LogP contribution in [0.5, 0.6) is 0 Å². The van der Waals surface area contributed by atoms with Gasteiger partial charge in [0.05, 0.1) is 0 Å². The first-order chi connectivity index (χ1) is 5.15. The molecule has 0 nitrogen and oxygen atoms in total. The Kier molecular flexibility index (Phi) is 3.57. The summed E-state index contributed by atoms with van der Waals surface area (Å²) in [4.78, 5) is 0. The number of halogens is 2. The third kappa shape index (κ3) is 1.72. The third-order valence-corrected chi connectivity index (χ3v) is 11.0. The topological polar surface area (TPSA) is 0 Å². The summed E-state index contributed by atoms with van der Waals surface area (Å²) in [5.74, 6) is 0. The molecule has 0 bridgehead atoms. The average molecular weight is 290 g/mol. The van der Waals surface area contributed by atoms with E-state index in [2.05, 4.69) is 36.4 Å². The Labute approximate surface area is 82.9 Å². The average Bonchev–Trinajstić information content (AvgIpc) is 2.30. The molecule has 0 N–H and O–H groups in total. The predicted octanol–water partition coefficient (Wildman–Crippen LogP) is 3.97. The molecule has 3 heteroatoms. The molecule has 68 valence electrons. The van der Waals surface area contributed by atoms with Crippen LogP contribution in [0.2, 0.25) is 0 Å². The molecular weight excluding hydrogens is 273 g/mol. The zero-order valence-electron chi connectivity index (χ0n) is 7.24. The first kappa shape index (κ1) is 10.2. The fraction of sp³-hybridized carbons (Fsp3) is 1.00. The van der Waals surface area contributed by atoms with E-state index in [0.29, 0.717) is 11.3 Å². The summed E-state index contributed by atoms with van der Waals surface area (Å²) in [5.41, 5.74) is 0.888. The summed E-state index contributed by atoms with van der Waals surface area (Å²) in [6.07, 6.45) is 3.36. The van der Waals surface area contributed by atoms with Crippen molar-refractivity contribution in [1.82, 2.24) is 0 Å². The van der Waals surface area contributed by atoms with E-state index < -0.39 is 7.57 Å². The molecule has 11 heavy (non-hydrogen) atoms. The number of alkyl halides is 1. The van der Waals surface area contributed by atoms with E-state index in [9.17, 15) is 4.20 Å². The molecule has 1 heterocycles. The van der Waals surface area contributed by atoms with E-state index in [1.807, 2.05) is 0 Å². The molecule has 0 saturated carbocycles. The summed E-state index contributed by atoms with van der Waals surface area (Å²) >= 11 is 2.25. The molecular formula is C8H17FIP. The van der Waals surface area contributed by atoms with Crippen molar-refractivity contribution in [3.63, 3.8) is 0 Å². The Balaban J connectivity index is 2.70. The molecule has 1 aliphatic heterocycles. The Morgan fingerprint density at radius 3 is 2.55 bits per heavy atom. The standard InChI is InChI=1S/C8H17FIP/c1-3-8-5-4-7(2)11(8,9)6-10/h7-8,11H,3-6H2,1-2H3. The molecule has 0 aliphatic carbocycles. The van der Waals surface area contributed by atoms with Gasteiger partial charge in [0.2, 0.25) is 0 Å². The molecule has 2 unspecified atom stereocenters. The molecule has 1 fully saturated rings. The summed E-state index contributed by atoms with van der Waals surface area (Å²) < 4.78 is 15.0. The number of rotatable bonds is 2. The summed E-state index contributed by atoms with van der Waals surface area (Å²) in [7, 11) is -2.31. The van der Waals surface area contributed by atoms with Gasteiger partial charge in [0.15, 0.2) is 0 Å². The first-order valence-electron chi connectivity index (χ1n) is 4.40. The summed E-state index contributed by atoms with van der Waals surface area (Å²) in [5, 5.41) is 0. The van der Waals surface area contributed by atoms with Crippen LogP contribution in [-0.4, -0.2) is 15.5 Å². The molecule has 1 aliphatic rings. The molecule has 1 saturated heterocycles. The Morgan fingerprint density at radius 1 is 1.55 bits per heavy atom. The van der Waals surface area contributed by atoms with Crippen molar-refractivity contribution >= 4 is 30.2 Å². The molecule has 2 atom stereocenters. The molecule has 0 radical (unpaired) electrons. The van der Waals surface area contributed by atoms with E-state index >= 15 is 0 Å². The van der Waals surface area contributed by atoms with E-state index in [1.54, 1.807) is 0 Å². The third-order valence-electron chi connectivity index (χ3n) is 3.14. The molecule has 1 rings (SSSR count). The Bertz CT molecular complexity index is 142. The van der Waals surface area contributed by atoms with E-state index in [4.69, 9.17) is 0 Å². The van der Waals surface area contributed by atoms with Crippen molar-refractivity contribution in [2.75, 3.05) is 4.17 Å². The molecule has 0 amide bonds. The maximum atomic E-state index is 14.2. The Hall–Kier alpha value is 1.09. The summed E-state index contributed by atoms with van der Waals surface area (Å²) in [6, 6.07) is 0. The van der Waals surface area contributed by atoms with Crippen LogP contribution in [0, 0.1) is 0 Å². The van der Waals surface area contributed by atoms with Crippen molar-refractivity contribution in [1.29, 1.82) is 0 Å². The summed E-state index contributed by atoms with van der Waals surface area (Å²) in [6.45, 7) is 4.25. The van der Waals surface area contributed by atoms with Gasteiger partial charge in [-0.2, -0.15) is 0 Å². The van der Waals surface area contributed by atoms with Crippen LogP contribution in [-0.2, 0) is 0 Å². The van der Waals surface area contributed by atoms with Crippen LogP contribution in [0.4, 0.5) is 4.20 Å². The maximum absolute atomic E-state index is 14.2. The van der Waals surface area contributed by atoms with E-state index in [0.717, 1.165) is 23.4 Å². The van der Waals surface area contributed by atoms with Crippen LogP contribution >= 0.6 is 30.2 Å². The monoisotopic (exact) mass is 290 g/mol. The van der Waals surface area contributed by atoms with Crippen LogP contribution in [0.25, 0.3) is 0 Å². The zero-order valence-corrected chi connectivity index (χ0v) is 10.4. The fourth-order valence-electron chi connectivity index (χ4n) is 2.12. The minimum atomic E-state index is -2.31. The van der Waals surface area contributed by atoms with Gasteiger partial charge in [-0.15, -0.1) is 0 Å². The van der Waals surface area contributed by atoms with E-state index in [1.165, 1.54) is 0 Å². The van der Waals surface area contributed by atoms with Gasteiger partial charge in [0.1, 0.15) is 0 Å². The van der Waals surface area contributed by atoms with Gasteiger partial charge in [-0.05, 0) is 0 Å². The van der Waals surface area contributed by atoms with Crippen LogP contribution in [0.3, 0.4) is 0 Å². The van der Waals surface area contributed by atoms with Crippen molar-refractivity contribution < 1.29 is 4.20 Å². The SMILES string of the molecule is CCC1CCC(C)[PH]1(F)CI. The molecule has 0 aromatic rings. The zero-order chi connectivity index (χ0) is 8.48. The quantitative estimate of drug-likeness (QED) is 0.410. The van der Waals surface area contributed by atoms with Gasteiger partial charge in [0.25, 0.3) is 0 Å². The minimum absolute atomic E-state index is 0.421. The second-order valence-corrected chi connectivity index (χ2v) is 9.86. The Morgan fingerprint density at radius 2 is 2.18 bits per heavy atom. The van der Waals surface area contributed by atoms with Crippen molar-refractivity contribution in [2.45, 2.75) is 44.4 Å². The van der Waals surface area contributed by atoms with Gasteiger partial charge in [-0.3, -0.25) is 0 Å². The van der Waals surface area contributed by atoms with Gasteiger partial charge in [-0.25, -0.2) is 0 Å². The fourth-order valence-corrected chi connectivity index (χ4v) is 9.50. The first-order valence-corrected chi connectivity index (χ1v) is 8.16. The molecule has 0 aromatic carbocycles.